The van der Waals surface area contributed by atoms with Crippen LogP contribution in [-0.2, 0) is 12.3 Å². The summed E-state index contributed by atoms with van der Waals surface area (Å²) in [6.07, 6.45) is 0. The number of benzene rings is 1. The Bertz CT molecular complexity index is 281. The van der Waals surface area contributed by atoms with Gasteiger partial charge < -0.3 is 5.11 Å². The molecule has 1 aliphatic rings. The summed E-state index contributed by atoms with van der Waals surface area (Å²) in [6.45, 7) is 2.54. The second-order valence-electron chi connectivity index (χ2n) is 3.08. The van der Waals surface area contributed by atoms with E-state index in [1.54, 1.807) is 6.92 Å². The molecule has 1 unspecified atom stereocenters. The molecule has 0 spiro atoms. The van der Waals surface area contributed by atoms with Crippen LogP contribution in [0.5, 0.6) is 0 Å². The molecule has 1 heterocycles. The highest BCUT2D eigenvalue weighted by Gasteiger charge is 2.30. The van der Waals surface area contributed by atoms with E-state index in [9.17, 15) is 5.11 Å². The Morgan fingerprint density at radius 3 is 2.91 bits per heavy atom. The van der Waals surface area contributed by atoms with Crippen molar-refractivity contribution in [2.75, 3.05) is 0 Å². The summed E-state index contributed by atoms with van der Waals surface area (Å²) in [5.41, 5.74) is 1.37. The van der Waals surface area contributed by atoms with E-state index in [0.717, 1.165) is 12.1 Å². The molecule has 1 aromatic rings. The smallest absolute Gasteiger partial charge is 0.139 e. The molecule has 1 atom stereocenters. The van der Waals surface area contributed by atoms with Gasteiger partial charge in [0.1, 0.15) is 5.72 Å². The number of fused-ring (bicyclic) bond motifs is 1. The van der Waals surface area contributed by atoms with Gasteiger partial charge in [-0.1, -0.05) is 24.3 Å². The fraction of sp³-hybridized carbons (Fsp3) is 0.333. The number of aliphatic hydroxyl groups is 1. The van der Waals surface area contributed by atoms with Crippen molar-refractivity contribution in [3.8, 4) is 0 Å². The van der Waals surface area contributed by atoms with Crippen molar-refractivity contribution < 1.29 is 5.11 Å². The van der Waals surface area contributed by atoms with Crippen molar-refractivity contribution in [2.45, 2.75) is 19.2 Å². The summed E-state index contributed by atoms with van der Waals surface area (Å²) in [6, 6.07) is 7.92. The maximum atomic E-state index is 9.74. The number of hydrogen-bond donors (Lipinski definition) is 2. The van der Waals surface area contributed by atoms with Crippen LogP contribution in [0.2, 0.25) is 0 Å². The van der Waals surface area contributed by atoms with Crippen LogP contribution < -0.4 is 5.32 Å². The van der Waals surface area contributed by atoms with Gasteiger partial charge in [-0.25, -0.2) is 0 Å². The summed E-state index contributed by atoms with van der Waals surface area (Å²) < 4.78 is 0. The van der Waals surface area contributed by atoms with Crippen molar-refractivity contribution in [2.24, 2.45) is 0 Å². The first-order valence-corrected chi connectivity index (χ1v) is 3.76. The van der Waals surface area contributed by atoms with Crippen LogP contribution in [0.15, 0.2) is 24.3 Å². The van der Waals surface area contributed by atoms with E-state index in [2.05, 4.69) is 5.32 Å². The molecule has 2 nitrogen and oxygen atoms in total. The first kappa shape index (κ1) is 6.83. The molecule has 0 radical (unpaired) electrons. The van der Waals surface area contributed by atoms with E-state index in [-0.39, 0.29) is 0 Å². The lowest BCUT2D eigenvalue weighted by Crippen LogP contribution is -2.32. The highest BCUT2D eigenvalue weighted by molar-refractivity contribution is 5.34. The molecule has 58 valence electrons. The predicted octanol–water partition coefficient (Wildman–Crippen LogP) is 0.955. The Kier molecular flexibility index (Phi) is 1.28. The van der Waals surface area contributed by atoms with Crippen LogP contribution in [0.1, 0.15) is 18.1 Å². The lowest BCUT2D eigenvalue weighted by atomic mass is 10.0. The average Bonchev–Trinajstić information content (AvgIpc) is 2.29. The fourth-order valence-electron chi connectivity index (χ4n) is 1.51. The van der Waals surface area contributed by atoms with Crippen molar-refractivity contribution in [3.63, 3.8) is 0 Å². The molecule has 0 amide bonds. The van der Waals surface area contributed by atoms with Gasteiger partial charge in [-0.15, -0.1) is 0 Å². The second kappa shape index (κ2) is 2.06. The summed E-state index contributed by atoms with van der Waals surface area (Å²) in [5.74, 6) is 0. The number of rotatable bonds is 0. The topological polar surface area (TPSA) is 32.3 Å². The molecule has 0 fully saturated rings. The lowest BCUT2D eigenvalue weighted by Gasteiger charge is -2.17. The fourth-order valence-corrected chi connectivity index (χ4v) is 1.51. The van der Waals surface area contributed by atoms with Gasteiger partial charge in [0.05, 0.1) is 0 Å². The molecular formula is C9H11NO. The standard InChI is InChI=1S/C9H11NO/c1-9(11)8-5-3-2-4-7(8)6-10-9/h2-5,10-11H,6H2,1H3. The lowest BCUT2D eigenvalue weighted by molar-refractivity contribution is 0.0310. The Labute approximate surface area is 65.9 Å². The van der Waals surface area contributed by atoms with Gasteiger partial charge in [0.2, 0.25) is 0 Å². The summed E-state index contributed by atoms with van der Waals surface area (Å²) in [4.78, 5) is 0. The van der Waals surface area contributed by atoms with Crippen LogP contribution in [0.25, 0.3) is 0 Å². The highest BCUT2D eigenvalue weighted by atomic mass is 16.3. The summed E-state index contributed by atoms with van der Waals surface area (Å²) in [7, 11) is 0. The van der Waals surface area contributed by atoms with Crippen molar-refractivity contribution in [3.05, 3.63) is 35.4 Å². The Hall–Kier alpha value is -0.860. The molecule has 0 aromatic heterocycles. The van der Waals surface area contributed by atoms with Gasteiger partial charge in [-0.3, -0.25) is 5.32 Å². The first-order chi connectivity index (χ1) is 5.20. The van der Waals surface area contributed by atoms with Gasteiger partial charge in [-0.2, -0.15) is 0 Å². The van der Waals surface area contributed by atoms with E-state index in [4.69, 9.17) is 0 Å². The quantitative estimate of drug-likeness (QED) is 0.575. The van der Waals surface area contributed by atoms with Gasteiger partial charge in [-0.05, 0) is 12.5 Å². The van der Waals surface area contributed by atoms with Gasteiger partial charge in [0.15, 0.2) is 0 Å². The van der Waals surface area contributed by atoms with Gasteiger partial charge in [0, 0.05) is 12.1 Å². The Balaban J connectivity index is 2.56. The van der Waals surface area contributed by atoms with E-state index in [1.807, 2.05) is 24.3 Å². The zero-order valence-electron chi connectivity index (χ0n) is 6.46. The molecule has 2 rings (SSSR count). The third kappa shape index (κ3) is 0.951. The molecule has 0 aliphatic carbocycles. The zero-order valence-corrected chi connectivity index (χ0v) is 6.46. The predicted molar refractivity (Wildman–Crippen MR) is 42.9 cm³/mol. The number of nitrogens with one attached hydrogen (secondary N) is 1. The second-order valence-corrected chi connectivity index (χ2v) is 3.08. The monoisotopic (exact) mass is 149 g/mol. The maximum Gasteiger partial charge on any atom is 0.139 e. The summed E-state index contributed by atoms with van der Waals surface area (Å²) >= 11 is 0. The molecule has 1 aliphatic heterocycles. The minimum Gasteiger partial charge on any atom is -0.372 e. The van der Waals surface area contributed by atoms with Crippen LogP contribution >= 0.6 is 0 Å². The third-order valence-electron chi connectivity index (χ3n) is 2.16. The Morgan fingerprint density at radius 1 is 1.45 bits per heavy atom. The third-order valence-corrected chi connectivity index (χ3v) is 2.16. The zero-order chi connectivity index (χ0) is 7.90. The first-order valence-electron chi connectivity index (χ1n) is 3.76. The van der Waals surface area contributed by atoms with E-state index < -0.39 is 5.72 Å². The van der Waals surface area contributed by atoms with Crippen LogP contribution in [-0.4, -0.2) is 5.11 Å². The SMILES string of the molecule is CC1(O)NCc2ccccc21. The van der Waals surface area contributed by atoms with E-state index in [1.165, 1.54) is 5.56 Å². The average molecular weight is 149 g/mol. The number of hydrogen-bond acceptors (Lipinski definition) is 2. The van der Waals surface area contributed by atoms with Gasteiger partial charge in [0.25, 0.3) is 0 Å². The molecule has 0 saturated carbocycles. The largest absolute Gasteiger partial charge is 0.372 e. The molecule has 0 bridgehead atoms. The molecule has 0 saturated heterocycles. The molecule has 2 heteroatoms. The molecule has 11 heavy (non-hydrogen) atoms. The minimum absolute atomic E-state index is 0.767. The molecular weight excluding hydrogens is 138 g/mol. The minimum atomic E-state index is -0.823. The van der Waals surface area contributed by atoms with Gasteiger partial charge >= 0.3 is 0 Å². The van der Waals surface area contributed by atoms with Crippen LogP contribution in [0.4, 0.5) is 0 Å². The Morgan fingerprint density at radius 2 is 2.18 bits per heavy atom. The highest BCUT2D eigenvalue weighted by Crippen LogP contribution is 2.27. The van der Waals surface area contributed by atoms with Crippen LogP contribution in [0, 0.1) is 0 Å². The van der Waals surface area contributed by atoms with Crippen LogP contribution in [0.3, 0.4) is 0 Å². The molecule has 1 aromatic carbocycles. The van der Waals surface area contributed by atoms with Crippen molar-refractivity contribution in [1.29, 1.82) is 0 Å². The normalized spacial score (nSPS) is 28.5. The van der Waals surface area contributed by atoms with E-state index in [0.29, 0.717) is 0 Å². The maximum absolute atomic E-state index is 9.74. The molecule has 2 N–H and O–H groups in total. The van der Waals surface area contributed by atoms with Crippen molar-refractivity contribution in [1.82, 2.24) is 5.32 Å². The summed E-state index contributed by atoms with van der Waals surface area (Å²) in [5, 5.41) is 12.8. The van der Waals surface area contributed by atoms with Crippen molar-refractivity contribution >= 4 is 0 Å². The van der Waals surface area contributed by atoms with E-state index >= 15 is 0 Å².